The van der Waals surface area contributed by atoms with Gasteiger partial charge in [0.1, 0.15) is 0 Å². The second kappa shape index (κ2) is 10.1. The van der Waals surface area contributed by atoms with E-state index < -0.39 is 0 Å². The number of amides is 1. The predicted octanol–water partition coefficient (Wildman–Crippen LogP) is 1.53. The summed E-state index contributed by atoms with van der Waals surface area (Å²) in [7, 11) is 1.76. The van der Waals surface area contributed by atoms with E-state index in [1.54, 1.807) is 7.05 Å². The van der Waals surface area contributed by atoms with Crippen LogP contribution in [0.2, 0.25) is 0 Å². The van der Waals surface area contributed by atoms with Crippen molar-refractivity contribution in [1.82, 2.24) is 15.5 Å². The van der Waals surface area contributed by atoms with Gasteiger partial charge in [-0.15, -0.1) is 0 Å². The maximum absolute atomic E-state index is 12.0. The third kappa shape index (κ3) is 7.50. The Morgan fingerprint density at radius 1 is 1.23 bits per heavy atom. The van der Waals surface area contributed by atoms with Crippen molar-refractivity contribution in [1.29, 1.82) is 0 Å². The second-order valence-electron chi connectivity index (χ2n) is 8.21. The molecule has 1 atom stereocenters. The zero-order valence-electron chi connectivity index (χ0n) is 16.8. The third-order valence-electron chi connectivity index (χ3n) is 4.67. The van der Waals surface area contributed by atoms with E-state index in [0.717, 1.165) is 44.9 Å². The molecule has 2 fully saturated rings. The van der Waals surface area contributed by atoms with Gasteiger partial charge < -0.3 is 25.0 Å². The lowest BCUT2D eigenvalue weighted by molar-refractivity contribution is -0.121. The zero-order valence-corrected chi connectivity index (χ0v) is 16.8. The van der Waals surface area contributed by atoms with Crippen molar-refractivity contribution in [3.8, 4) is 0 Å². The van der Waals surface area contributed by atoms with Crippen molar-refractivity contribution < 1.29 is 14.3 Å². The van der Waals surface area contributed by atoms with E-state index >= 15 is 0 Å². The topological polar surface area (TPSA) is 75.2 Å². The molecule has 0 aromatic heterocycles. The van der Waals surface area contributed by atoms with Crippen molar-refractivity contribution in [2.24, 2.45) is 4.99 Å². The molecular formula is C19H36N4O3. The van der Waals surface area contributed by atoms with Crippen LogP contribution in [0, 0.1) is 0 Å². The Balaban J connectivity index is 1.67. The van der Waals surface area contributed by atoms with Crippen LogP contribution in [-0.2, 0) is 14.3 Å². The van der Waals surface area contributed by atoms with Crippen LogP contribution >= 0.6 is 0 Å². The summed E-state index contributed by atoms with van der Waals surface area (Å²) in [6, 6.07) is 0. The van der Waals surface area contributed by atoms with Crippen molar-refractivity contribution in [3.05, 3.63) is 0 Å². The monoisotopic (exact) mass is 368 g/mol. The molecule has 1 unspecified atom stereocenters. The summed E-state index contributed by atoms with van der Waals surface area (Å²) in [5.74, 6) is 0.757. The van der Waals surface area contributed by atoms with E-state index in [2.05, 4.69) is 20.5 Å². The van der Waals surface area contributed by atoms with Crippen LogP contribution in [0.15, 0.2) is 4.99 Å². The van der Waals surface area contributed by atoms with Gasteiger partial charge in [0.15, 0.2) is 5.96 Å². The van der Waals surface area contributed by atoms with Gasteiger partial charge in [-0.1, -0.05) is 0 Å². The van der Waals surface area contributed by atoms with Gasteiger partial charge in [0.2, 0.25) is 5.91 Å². The molecule has 26 heavy (non-hydrogen) atoms. The van der Waals surface area contributed by atoms with Crippen molar-refractivity contribution in [2.75, 3.05) is 39.9 Å². The highest BCUT2D eigenvalue weighted by Crippen LogP contribution is 2.17. The molecule has 2 N–H and O–H groups in total. The Labute approximate surface area is 157 Å². The maximum Gasteiger partial charge on any atom is 0.239 e. The van der Waals surface area contributed by atoms with Crippen LogP contribution in [-0.4, -0.2) is 74.4 Å². The minimum atomic E-state index is -0.222. The third-order valence-corrected chi connectivity index (χ3v) is 4.67. The number of rotatable bonds is 5. The van der Waals surface area contributed by atoms with E-state index in [1.165, 1.54) is 12.8 Å². The van der Waals surface area contributed by atoms with Crippen molar-refractivity contribution >= 4 is 11.9 Å². The predicted molar refractivity (Wildman–Crippen MR) is 103 cm³/mol. The van der Waals surface area contributed by atoms with E-state index in [4.69, 9.17) is 9.47 Å². The molecule has 7 heteroatoms. The van der Waals surface area contributed by atoms with Gasteiger partial charge in [0.05, 0.1) is 25.4 Å². The first kappa shape index (κ1) is 21.0. The molecule has 150 valence electrons. The first-order valence-corrected chi connectivity index (χ1v) is 9.87. The van der Waals surface area contributed by atoms with Gasteiger partial charge in [0.25, 0.3) is 0 Å². The highest BCUT2D eigenvalue weighted by Gasteiger charge is 2.24. The van der Waals surface area contributed by atoms with Gasteiger partial charge in [-0.05, 0) is 52.9 Å². The van der Waals surface area contributed by atoms with Crippen LogP contribution in [0.1, 0.15) is 52.9 Å². The summed E-state index contributed by atoms with van der Waals surface area (Å²) in [6.07, 6.45) is 6.05. The first-order chi connectivity index (χ1) is 12.4. The fourth-order valence-corrected chi connectivity index (χ4v) is 3.37. The number of carbonyl (C=O) groups excluding carboxylic acids is 1. The fourth-order valence-electron chi connectivity index (χ4n) is 3.37. The molecular weight excluding hydrogens is 332 g/mol. The van der Waals surface area contributed by atoms with Crippen LogP contribution in [0.25, 0.3) is 0 Å². The Hall–Kier alpha value is -1.34. The average molecular weight is 369 g/mol. The minimum Gasteiger partial charge on any atom is -0.376 e. The molecule has 1 amide bonds. The van der Waals surface area contributed by atoms with Crippen molar-refractivity contribution in [2.45, 2.75) is 70.6 Å². The number of nitrogens with zero attached hydrogens (tertiary/aromatic N) is 2. The molecule has 0 aromatic carbocycles. The van der Waals surface area contributed by atoms with Crippen molar-refractivity contribution in [3.63, 3.8) is 0 Å². The lowest BCUT2D eigenvalue weighted by atomic mass is 10.1. The summed E-state index contributed by atoms with van der Waals surface area (Å²) in [6.45, 7) is 9.52. The summed E-state index contributed by atoms with van der Waals surface area (Å²) < 4.78 is 11.8. The molecule has 2 heterocycles. The van der Waals surface area contributed by atoms with Gasteiger partial charge in [0, 0.05) is 32.3 Å². The molecule has 0 aliphatic carbocycles. The number of ether oxygens (including phenoxy) is 2. The van der Waals surface area contributed by atoms with E-state index in [9.17, 15) is 4.79 Å². The fraction of sp³-hybridized carbons (Fsp3) is 0.895. The Kier molecular flexibility index (Phi) is 8.15. The molecule has 7 nitrogen and oxygen atoms in total. The molecule has 0 bridgehead atoms. The summed E-state index contributed by atoms with van der Waals surface area (Å²) in [5, 5.41) is 6.11. The van der Waals surface area contributed by atoms with E-state index in [0.29, 0.717) is 12.7 Å². The number of guanidine groups is 1. The molecule has 2 rings (SSSR count). The van der Waals surface area contributed by atoms with Crippen LogP contribution in [0.4, 0.5) is 0 Å². The number of carbonyl (C=O) groups is 1. The molecule has 0 spiro atoms. The van der Waals surface area contributed by atoms with Crippen LogP contribution in [0.3, 0.4) is 0 Å². The molecule has 0 radical (unpaired) electrons. The molecule has 2 aliphatic rings. The second-order valence-corrected chi connectivity index (χ2v) is 8.21. The lowest BCUT2D eigenvalue weighted by Crippen LogP contribution is -2.51. The number of piperidine rings is 1. The lowest BCUT2D eigenvalue weighted by Gasteiger charge is -2.35. The van der Waals surface area contributed by atoms with Gasteiger partial charge in [-0.2, -0.15) is 0 Å². The summed E-state index contributed by atoms with van der Waals surface area (Å²) >= 11 is 0. The molecule has 2 saturated heterocycles. The SMILES string of the molecule is CN=C(NCC(=O)NC(C)(C)C)N1CCC(OCC2CCCCO2)CC1. The molecule has 0 aromatic rings. The minimum absolute atomic E-state index is 0.0237. The maximum atomic E-state index is 12.0. The van der Waals surface area contributed by atoms with Crippen LogP contribution in [0.5, 0.6) is 0 Å². The number of hydrogen-bond acceptors (Lipinski definition) is 4. The summed E-state index contributed by atoms with van der Waals surface area (Å²) in [4.78, 5) is 18.5. The standard InChI is InChI=1S/C19H36N4O3/c1-19(2,3)22-17(24)13-21-18(20-4)23-10-8-15(9-11-23)26-14-16-7-5-6-12-25-16/h15-16H,5-14H2,1-4H3,(H,20,21)(H,22,24). The van der Waals surface area contributed by atoms with Gasteiger partial charge >= 0.3 is 0 Å². The number of nitrogens with one attached hydrogen (secondary N) is 2. The molecule has 2 aliphatic heterocycles. The zero-order chi connectivity index (χ0) is 19.0. The largest absolute Gasteiger partial charge is 0.376 e. The van der Waals surface area contributed by atoms with Gasteiger partial charge in [-0.3, -0.25) is 9.79 Å². The highest BCUT2D eigenvalue weighted by atomic mass is 16.5. The first-order valence-electron chi connectivity index (χ1n) is 9.87. The highest BCUT2D eigenvalue weighted by molar-refractivity contribution is 5.86. The normalized spacial score (nSPS) is 23.0. The quantitative estimate of drug-likeness (QED) is 0.569. The number of hydrogen-bond donors (Lipinski definition) is 2. The number of aliphatic imine (C=N–C) groups is 1. The number of likely N-dealkylation sites (tertiary alicyclic amines) is 1. The van der Waals surface area contributed by atoms with E-state index in [-0.39, 0.29) is 24.1 Å². The Morgan fingerprint density at radius 3 is 2.54 bits per heavy atom. The smallest absolute Gasteiger partial charge is 0.239 e. The average Bonchev–Trinajstić information content (AvgIpc) is 2.61. The van der Waals surface area contributed by atoms with Crippen LogP contribution < -0.4 is 10.6 Å². The molecule has 0 saturated carbocycles. The van der Waals surface area contributed by atoms with E-state index in [1.807, 2.05) is 20.8 Å². The Morgan fingerprint density at radius 2 is 1.96 bits per heavy atom. The summed E-state index contributed by atoms with van der Waals surface area (Å²) in [5.41, 5.74) is -0.222. The van der Waals surface area contributed by atoms with Gasteiger partial charge in [-0.25, -0.2) is 0 Å². The Bertz CT molecular complexity index is 462.